The Labute approximate surface area is 249 Å². The van der Waals surface area contributed by atoms with Crippen LogP contribution >= 0.6 is 0 Å². The van der Waals surface area contributed by atoms with E-state index in [4.69, 9.17) is 18.6 Å². The molecule has 1 aromatic heterocycles. The number of hydrogen-bond acceptors (Lipinski definition) is 6. The minimum atomic E-state index is -4.94. The van der Waals surface area contributed by atoms with Crippen LogP contribution < -0.4 is 9.47 Å². The number of halogens is 6. The lowest BCUT2D eigenvalue weighted by Crippen LogP contribution is -2.39. The molecule has 12 heteroatoms. The number of rotatable bonds is 10. The van der Waals surface area contributed by atoms with Crippen molar-refractivity contribution in [2.75, 3.05) is 13.2 Å². The summed E-state index contributed by atoms with van der Waals surface area (Å²) in [6.07, 6.45) is -9.48. The van der Waals surface area contributed by atoms with Gasteiger partial charge in [0, 0.05) is 12.0 Å². The van der Waals surface area contributed by atoms with Crippen molar-refractivity contribution in [2.24, 2.45) is 0 Å². The first-order valence-electron chi connectivity index (χ1n) is 13.5. The number of carbonyl (C=O) groups excluding carboxylic acids is 1. The lowest BCUT2D eigenvalue weighted by molar-refractivity contribution is -0.158. The zero-order chi connectivity index (χ0) is 32.3. The van der Waals surface area contributed by atoms with Gasteiger partial charge in [0.15, 0.2) is 5.60 Å². The average molecular weight is 622 g/mol. The van der Waals surface area contributed by atoms with Crippen LogP contribution in [0.5, 0.6) is 11.5 Å². The lowest BCUT2D eigenvalue weighted by atomic mass is 9.98. The molecule has 0 spiro atoms. The molecule has 6 nitrogen and oxygen atoms in total. The van der Waals surface area contributed by atoms with Crippen LogP contribution in [0.15, 0.2) is 71.1 Å². The first-order valence-corrected chi connectivity index (χ1v) is 13.5. The molecule has 0 unspecified atom stereocenters. The number of aryl methyl sites for hydroxylation is 1. The fraction of sp³-hybridized carbons (Fsp3) is 0.312. The summed E-state index contributed by atoms with van der Waals surface area (Å²) in [7, 11) is 0. The maximum Gasteiger partial charge on any atom is 0.416 e. The summed E-state index contributed by atoms with van der Waals surface area (Å²) in [5.74, 6) is 1.33. The van der Waals surface area contributed by atoms with Gasteiger partial charge >= 0.3 is 18.3 Å². The number of hydrogen-bond donors (Lipinski definition) is 0. The average Bonchev–Trinajstić information content (AvgIpc) is 3.33. The van der Waals surface area contributed by atoms with Crippen molar-refractivity contribution in [2.45, 2.75) is 52.1 Å². The van der Waals surface area contributed by atoms with E-state index in [0.29, 0.717) is 47.1 Å². The molecule has 0 saturated carbocycles. The van der Waals surface area contributed by atoms with E-state index in [-0.39, 0.29) is 36.3 Å². The number of esters is 1. The lowest BCUT2D eigenvalue weighted by Gasteiger charge is -2.24. The number of nitrogens with zero attached hydrogens (tertiary/aromatic N) is 1. The second-order valence-corrected chi connectivity index (χ2v) is 10.3. The molecule has 0 aliphatic carbocycles. The number of oxazole rings is 1. The molecule has 44 heavy (non-hydrogen) atoms. The molecule has 0 atom stereocenters. The van der Waals surface area contributed by atoms with Crippen molar-refractivity contribution >= 4 is 5.97 Å². The second kappa shape index (κ2) is 12.6. The van der Waals surface area contributed by atoms with Crippen LogP contribution in [0.4, 0.5) is 26.3 Å². The van der Waals surface area contributed by atoms with Crippen LogP contribution in [-0.4, -0.2) is 29.8 Å². The van der Waals surface area contributed by atoms with Crippen molar-refractivity contribution in [1.29, 1.82) is 0 Å². The predicted molar refractivity (Wildman–Crippen MR) is 149 cm³/mol. The highest BCUT2D eigenvalue weighted by Crippen LogP contribution is 2.39. The largest absolute Gasteiger partial charge is 0.493 e. The fourth-order valence-corrected chi connectivity index (χ4v) is 4.22. The van der Waals surface area contributed by atoms with Crippen LogP contribution in [-0.2, 0) is 28.3 Å². The molecule has 0 radical (unpaired) electrons. The minimum absolute atomic E-state index is 0.0946. The van der Waals surface area contributed by atoms with E-state index >= 15 is 0 Å². The van der Waals surface area contributed by atoms with E-state index in [2.05, 4.69) is 4.98 Å². The predicted octanol–water partition coefficient (Wildman–Crippen LogP) is 8.70. The van der Waals surface area contributed by atoms with Gasteiger partial charge in [-0.05, 0) is 93.4 Å². The molecule has 234 valence electrons. The summed E-state index contributed by atoms with van der Waals surface area (Å²) in [5.41, 5.74) is -2.87. The Bertz CT molecular complexity index is 1560. The summed E-state index contributed by atoms with van der Waals surface area (Å²) < 4.78 is 102. The zero-order valence-electron chi connectivity index (χ0n) is 24.2. The third-order valence-corrected chi connectivity index (χ3v) is 6.52. The number of carbonyl (C=O) groups is 1. The molecular weight excluding hydrogens is 592 g/mol. The number of aromatic nitrogens is 1. The highest BCUT2D eigenvalue weighted by atomic mass is 19.4. The van der Waals surface area contributed by atoms with Crippen molar-refractivity contribution in [1.82, 2.24) is 4.98 Å². The summed E-state index contributed by atoms with van der Waals surface area (Å²) in [5, 5.41) is 0. The number of ether oxygens (including phenoxy) is 3. The van der Waals surface area contributed by atoms with Gasteiger partial charge in [0.05, 0.1) is 30.0 Å². The first-order chi connectivity index (χ1) is 20.6. The quantitative estimate of drug-likeness (QED) is 0.130. The van der Waals surface area contributed by atoms with E-state index in [1.165, 1.54) is 24.3 Å². The summed E-state index contributed by atoms with van der Waals surface area (Å²) in [6.45, 7) is 7.17. The highest BCUT2D eigenvalue weighted by Gasteiger charge is 2.37. The molecule has 4 aromatic rings. The van der Waals surface area contributed by atoms with E-state index in [9.17, 15) is 31.1 Å². The summed E-state index contributed by atoms with van der Waals surface area (Å²) >= 11 is 0. The highest BCUT2D eigenvalue weighted by molar-refractivity contribution is 5.79. The molecule has 0 aliphatic heterocycles. The van der Waals surface area contributed by atoms with Crippen LogP contribution in [0.1, 0.15) is 43.4 Å². The van der Waals surface area contributed by atoms with Gasteiger partial charge in [-0.2, -0.15) is 26.3 Å². The second-order valence-electron chi connectivity index (χ2n) is 10.3. The first kappa shape index (κ1) is 32.4. The SMILES string of the molecule is CCOC(=O)C(C)(C)Oc1ccc(OCCc2nc(-c3ccc(-c4cc(C(F)(F)F)cc(C(F)(F)F)c4)cc3)oc2C)cc1. The smallest absolute Gasteiger partial charge is 0.416 e. The van der Waals surface area contributed by atoms with E-state index in [0.717, 1.165) is 0 Å². The molecule has 0 aliphatic rings. The Balaban J connectivity index is 1.40. The van der Waals surface area contributed by atoms with Crippen molar-refractivity contribution in [3.63, 3.8) is 0 Å². The molecule has 3 aromatic carbocycles. The molecule has 0 bridgehead atoms. The normalized spacial score (nSPS) is 12.2. The number of alkyl halides is 6. The Morgan fingerprint density at radius 1 is 0.795 bits per heavy atom. The molecule has 4 rings (SSSR count). The van der Waals surface area contributed by atoms with E-state index in [1.807, 2.05) is 0 Å². The monoisotopic (exact) mass is 621 g/mol. The summed E-state index contributed by atoms with van der Waals surface area (Å²) in [6, 6.07) is 14.0. The molecule has 0 fully saturated rings. The molecular formula is C32H29F6NO5. The van der Waals surface area contributed by atoms with Crippen LogP contribution in [0.2, 0.25) is 0 Å². The minimum Gasteiger partial charge on any atom is -0.493 e. The third-order valence-electron chi connectivity index (χ3n) is 6.52. The topological polar surface area (TPSA) is 70.8 Å². The molecule has 0 N–H and O–H groups in total. The maximum atomic E-state index is 13.3. The molecule has 0 saturated heterocycles. The number of benzene rings is 3. The standard InChI is InChI=1S/C32H29F6NO5/c1-5-41-29(40)30(3,4)44-26-12-10-25(11-13-26)42-15-14-27-19(2)43-28(39-27)21-8-6-20(7-9-21)22-16-23(31(33,34)35)18-24(17-22)32(36,37)38/h6-13,16-18H,5,14-15H2,1-4H3. The Morgan fingerprint density at radius 3 is 1.89 bits per heavy atom. The Hall–Kier alpha value is -4.48. The van der Waals surface area contributed by atoms with Gasteiger partial charge in [-0.15, -0.1) is 0 Å². The van der Waals surface area contributed by atoms with Crippen LogP contribution in [0.25, 0.3) is 22.6 Å². The van der Waals surface area contributed by atoms with Gasteiger partial charge < -0.3 is 18.6 Å². The molecule has 1 heterocycles. The maximum absolute atomic E-state index is 13.3. The van der Waals surface area contributed by atoms with Crippen LogP contribution in [0, 0.1) is 6.92 Å². The fourth-order valence-electron chi connectivity index (χ4n) is 4.22. The van der Waals surface area contributed by atoms with Gasteiger partial charge in [0.1, 0.15) is 17.3 Å². The van der Waals surface area contributed by atoms with Crippen LogP contribution in [0.3, 0.4) is 0 Å². The third kappa shape index (κ3) is 7.91. The van der Waals surface area contributed by atoms with Crippen molar-refractivity contribution in [3.05, 3.63) is 89.3 Å². The van der Waals surface area contributed by atoms with E-state index < -0.39 is 35.0 Å². The van der Waals surface area contributed by atoms with Crippen molar-refractivity contribution < 1.29 is 49.8 Å². The summed E-state index contributed by atoms with van der Waals surface area (Å²) in [4.78, 5) is 16.5. The zero-order valence-corrected chi connectivity index (χ0v) is 24.2. The van der Waals surface area contributed by atoms with Gasteiger partial charge in [-0.25, -0.2) is 9.78 Å². The van der Waals surface area contributed by atoms with Gasteiger partial charge in [0.2, 0.25) is 5.89 Å². The molecule has 0 amide bonds. The Morgan fingerprint density at radius 2 is 1.34 bits per heavy atom. The van der Waals surface area contributed by atoms with Gasteiger partial charge in [-0.3, -0.25) is 0 Å². The van der Waals surface area contributed by atoms with Crippen molar-refractivity contribution in [3.8, 4) is 34.1 Å². The van der Waals surface area contributed by atoms with Gasteiger partial charge in [-0.1, -0.05) is 12.1 Å². The Kier molecular flexibility index (Phi) is 9.31. The van der Waals surface area contributed by atoms with E-state index in [1.54, 1.807) is 52.0 Å². The van der Waals surface area contributed by atoms with Gasteiger partial charge in [0.25, 0.3) is 0 Å².